The van der Waals surface area contributed by atoms with Crippen LogP contribution in [0.2, 0.25) is 0 Å². The fourth-order valence-electron chi connectivity index (χ4n) is 1.83. The molecule has 94 valence electrons. The molecular formula is C15H18N2O. The molecule has 0 spiro atoms. The number of nitrogen functional groups attached to an aromatic ring is 1. The maximum atomic E-state index is 5.93. The normalized spacial score (nSPS) is 10.1. The molecule has 0 bridgehead atoms. The van der Waals surface area contributed by atoms with Crippen molar-refractivity contribution in [3.05, 3.63) is 48.0 Å². The van der Waals surface area contributed by atoms with Crippen molar-refractivity contribution < 1.29 is 4.74 Å². The Hall–Kier alpha value is -2.16. The Morgan fingerprint density at radius 2 is 1.89 bits per heavy atom. The number of hydrogen-bond acceptors (Lipinski definition) is 3. The van der Waals surface area contributed by atoms with Crippen LogP contribution in [-0.4, -0.2) is 7.11 Å². The molecule has 0 saturated heterocycles. The standard InChI is InChI=1S/C15H18N2O/c1-3-11-8-9-15(18-2)14(10-11)17-13-7-5-4-6-12(13)16/h4-10,17H,3,16H2,1-2H3. The second-order valence-electron chi connectivity index (χ2n) is 4.10. The van der Waals surface area contributed by atoms with Gasteiger partial charge in [0.1, 0.15) is 5.75 Å². The van der Waals surface area contributed by atoms with Crippen LogP contribution in [0.1, 0.15) is 12.5 Å². The van der Waals surface area contributed by atoms with E-state index in [1.807, 2.05) is 30.3 Å². The fourth-order valence-corrected chi connectivity index (χ4v) is 1.83. The van der Waals surface area contributed by atoms with Gasteiger partial charge in [-0.25, -0.2) is 0 Å². The quantitative estimate of drug-likeness (QED) is 0.805. The highest BCUT2D eigenvalue weighted by Gasteiger charge is 2.05. The molecule has 0 aromatic heterocycles. The van der Waals surface area contributed by atoms with Gasteiger partial charge >= 0.3 is 0 Å². The molecule has 2 rings (SSSR count). The van der Waals surface area contributed by atoms with Crippen molar-refractivity contribution in [2.45, 2.75) is 13.3 Å². The summed E-state index contributed by atoms with van der Waals surface area (Å²) in [5, 5.41) is 3.32. The largest absolute Gasteiger partial charge is 0.495 e. The number of methoxy groups -OCH3 is 1. The molecule has 3 heteroatoms. The van der Waals surface area contributed by atoms with Gasteiger partial charge in [-0.3, -0.25) is 0 Å². The molecule has 2 aromatic rings. The first-order valence-corrected chi connectivity index (χ1v) is 6.03. The van der Waals surface area contributed by atoms with Gasteiger partial charge in [0, 0.05) is 0 Å². The molecule has 0 radical (unpaired) electrons. The van der Waals surface area contributed by atoms with E-state index in [2.05, 4.69) is 24.4 Å². The summed E-state index contributed by atoms with van der Waals surface area (Å²) in [6.07, 6.45) is 0.989. The SMILES string of the molecule is CCc1ccc(OC)c(Nc2ccccc2N)c1. The minimum atomic E-state index is 0.724. The second kappa shape index (κ2) is 5.45. The summed E-state index contributed by atoms with van der Waals surface area (Å²) < 4.78 is 5.35. The van der Waals surface area contributed by atoms with E-state index in [1.54, 1.807) is 7.11 Å². The summed E-state index contributed by atoms with van der Waals surface area (Å²) >= 11 is 0. The minimum Gasteiger partial charge on any atom is -0.495 e. The van der Waals surface area contributed by atoms with Gasteiger partial charge in [-0.2, -0.15) is 0 Å². The predicted molar refractivity (Wildman–Crippen MR) is 76.5 cm³/mol. The fraction of sp³-hybridized carbons (Fsp3) is 0.200. The number of ether oxygens (including phenoxy) is 1. The molecule has 0 fully saturated rings. The Kier molecular flexibility index (Phi) is 3.72. The van der Waals surface area contributed by atoms with Crippen molar-refractivity contribution in [1.82, 2.24) is 0 Å². The van der Waals surface area contributed by atoms with E-state index in [-0.39, 0.29) is 0 Å². The Bertz CT molecular complexity index is 538. The van der Waals surface area contributed by atoms with Gasteiger partial charge in [0.05, 0.1) is 24.2 Å². The zero-order chi connectivity index (χ0) is 13.0. The first kappa shape index (κ1) is 12.3. The van der Waals surface area contributed by atoms with Crippen LogP contribution in [0.4, 0.5) is 17.1 Å². The smallest absolute Gasteiger partial charge is 0.142 e. The summed E-state index contributed by atoms with van der Waals surface area (Å²) in [4.78, 5) is 0. The van der Waals surface area contributed by atoms with E-state index in [9.17, 15) is 0 Å². The van der Waals surface area contributed by atoms with Crippen molar-refractivity contribution in [1.29, 1.82) is 0 Å². The Morgan fingerprint density at radius 3 is 2.56 bits per heavy atom. The summed E-state index contributed by atoms with van der Waals surface area (Å²) in [6.45, 7) is 2.13. The molecule has 0 unspecified atom stereocenters. The van der Waals surface area contributed by atoms with Crippen molar-refractivity contribution in [2.75, 3.05) is 18.2 Å². The van der Waals surface area contributed by atoms with Crippen LogP contribution in [0.25, 0.3) is 0 Å². The average molecular weight is 242 g/mol. The molecule has 0 aliphatic heterocycles. The average Bonchev–Trinajstić information content (AvgIpc) is 2.41. The molecule has 0 heterocycles. The van der Waals surface area contributed by atoms with E-state index in [4.69, 9.17) is 10.5 Å². The topological polar surface area (TPSA) is 47.3 Å². The Labute approximate surface area is 108 Å². The summed E-state index contributed by atoms with van der Waals surface area (Å²) in [7, 11) is 1.67. The summed E-state index contributed by atoms with van der Waals surface area (Å²) in [5.74, 6) is 0.815. The monoisotopic (exact) mass is 242 g/mol. The van der Waals surface area contributed by atoms with Crippen LogP contribution in [0.5, 0.6) is 5.75 Å². The van der Waals surface area contributed by atoms with Crippen LogP contribution >= 0.6 is 0 Å². The van der Waals surface area contributed by atoms with E-state index >= 15 is 0 Å². The number of anilines is 3. The highest BCUT2D eigenvalue weighted by molar-refractivity contribution is 5.75. The third-order valence-electron chi connectivity index (χ3n) is 2.90. The maximum Gasteiger partial charge on any atom is 0.142 e. The Morgan fingerprint density at radius 1 is 1.11 bits per heavy atom. The van der Waals surface area contributed by atoms with E-state index in [0.717, 1.165) is 29.2 Å². The second-order valence-corrected chi connectivity index (χ2v) is 4.10. The number of nitrogens with two attached hydrogens (primary N) is 1. The zero-order valence-electron chi connectivity index (χ0n) is 10.7. The molecule has 3 nitrogen and oxygen atoms in total. The zero-order valence-corrected chi connectivity index (χ0v) is 10.7. The molecule has 0 amide bonds. The van der Waals surface area contributed by atoms with Crippen molar-refractivity contribution in [2.24, 2.45) is 0 Å². The number of hydrogen-bond donors (Lipinski definition) is 2. The van der Waals surface area contributed by atoms with Gasteiger partial charge < -0.3 is 15.8 Å². The van der Waals surface area contributed by atoms with Crippen LogP contribution in [0, 0.1) is 0 Å². The van der Waals surface area contributed by atoms with Gasteiger partial charge in [0.15, 0.2) is 0 Å². The first-order chi connectivity index (χ1) is 8.74. The van der Waals surface area contributed by atoms with Crippen LogP contribution < -0.4 is 15.8 Å². The molecule has 0 aliphatic rings. The molecule has 0 atom stereocenters. The molecule has 18 heavy (non-hydrogen) atoms. The highest BCUT2D eigenvalue weighted by Crippen LogP contribution is 2.30. The lowest BCUT2D eigenvalue weighted by molar-refractivity contribution is 0.416. The van der Waals surface area contributed by atoms with Crippen LogP contribution in [0.3, 0.4) is 0 Å². The van der Waals surface area contributed by atoms with Crippen molar-refractivity contribution in [3.63, 3.8) is 0 Å². The van der Waals surface area contributed by atoms with Crippen LogP contribution in [-0.2, 0) is 6.42 Å². The van der Waals surface area contributed by atoms with E-state index < -0.39 is 0 Å². The molecule has 3 N–H and O–H groups in total. The lowest BCUT2D eigenvalue weighted by Crippen LogP contribution is -1.99. The maximum absolute atomic E-state index is 5.93. The van der Waals surface area contributed by atoms with Crippen molar-refractivity contribution in [3.8, 4) is 5.75 Å². The predicted octanol–water partition coefficient (Wildman–Crippen LogP) is 3.58. The van der Waals surface area contributed by atoms with Gasteiger partial charge in [0.25, 0.3) is 0 Å². The van der Waals surface area contributed by atoms with Gasteiger partial charge in [-0.1, -0.05) is 25.1 Å². The summed E-state index contributed by atoms with van der Waals surface area (Å²) in [5.41, 5.74) is 9.74. The third-order valence-corrected chi connectivity index (χ3v) is 2.90. The van der Waals surface area contributed by atoms with Gasteiger partial charge in [-0.05, 0) is 36.2 Å². The van der Waals surface area contributed by atoms with Gasteiger partial charge in [0.2, 0.25) is 0 Å². The number of benzene rings is 2. The number of nitrogens with one attached hydrogen (secondary N) is 1. The minimum absolute atomic E-state index is 0.724. The lowest BCUT2D eigenvalue weighted by Gasteiger charge is -2.14. The Balaban J connectivity index is 2.35. The molecular weight excluding hydrogens is 224 g/mol. The lowest BCUT2D eigenvalue weighted by atomic mass is 10.1. The number of para-hydroxylation sites is 2. The molecule has 2 aromatic carbocycles. The van der Waals surface area contributed by atoms with E-state index in [1.165, 1.54) is 5.56 Å². The van der Waals surface area contributed by atoms with Crippen molar-refractivity contribution >= 4 is 17.1 Å². The van der Waals surface area contributed by atoms with Crippen LogP contribution in [0.15, 0.2) is 42.5 Å². The van der Waals surface area contributed by atoms with E-state index in [0.29, 0.717) is 0 Å². The van der Waals surface area contributed by atoms with Gasteiger partial charge in [-0.15, -0.1) is 0 Å². The molecule has 0 aliphatic carbocycles. The first-order valence-electron chi connectivity index (χ1n) is 6.03. The highest BCUT2D eigenvalue weighted by atomic mass is 16.5. The number of aryl methyl sites for hydroxylation is 1. The number of rotatable bonds is 4. The summed E-state index contributed by atoms with van der Waals surface area (Å²) in [6, 6.07) is 13.8. The molecule has 0 saturated carbocycles. The third kappa shape index (κ3) is 2.56.